The third-order valence-electron chi connectivity index (χ3n) is 4.66. The van der Waals surface area contributed by atoms with E-state index in [1.54, 1.807) is 0 Å². The summed E-state index contributed by atoms with van der Waals surface area (Å²) in [4.78, 5) is 11.6. The fourth-order valence-corrected chi connectivity index (χ4v) is 3.50. The van der Waals surface area contributed by atoms with Crippen LogP contribution in [0.3, 0.4) is 0 Å². The second-order valence-electron chi connectivity index (χ2n) is 6.60. The van der Waals surface area contributed by atoms with Crippen molar-refractivity contribution in [1.82, 2.24) is 20.2 Å². The molecule has 3 rings (SSSR count). The molecule has 28 heavy (non-hydrogen) atoms. The van der Waals surface area contributed by atoms with Gasteiger partial charge in [-0.2, -0.15) is 0 Å². The number of rotatable bonds is 6. The first-order valence-corrected chi connectivity index (χ1v) is 10.1. The number of guanidine groups is 1. The summed E-state index contributed by atoms with van der Waals surface area (Å²) >= 11 is 12.2. The van der Waals surface area contributed by atoms with E-state index in [0.29, 0.717) is 23.3 Å². The van der Waals surface area contributed by atoms with Crippen molar-refractivity contribution in [2.45, 2.75) is 32.9 Å². The Labute approximate surface area is 193 Å². The average molecular weight is 537 g/mol. The largest absolute Gasteiger partial charge is 0.357 e. The van der Waals surface area contributed by atoms with Gasteiger partial charge in [-0.05, 0) is 37.5 Å². The monoisotopic (exact) mass is 536 g/mol. The van der Waals surface area contributed by atoms with Crippen molar-refractivity contribution in [3.63, 3.8) is 0 Å². The van der Waals surface area contributed by atoms with Gasteiger partial charge in [-0.1, -0.05) is 29.3 Å². The van der Waals surface area contributed by atoms with E-state index in [1.807, 2.05) is 30.8 Å². The lowest BCUT2D eigenvalue weighted by atomic mass is 10.3. The number of pyridine rings is 1. The number of nitrogens with zero attached hydrogens (tertiary/aromatic N) is 4. The molecule has 0 bridgehead atoms. The molecule has 154 valence electrons. The minimum absolute atomic E-state index is 0. The topological polar surface area (TPSA) is 57.5 Å². The molecule has 3 heterocycles. The molecule has 0 aromatic carbocycles. The fraction of sp³-hybridized carbons (Fsp3) is 0.474. The quantitative estimate of drug-likeness (QED) is 0.330. The molecule has 9 heteroatoms. The zero-order chi connectivity index (χ0) is 19.2. The molecule has 1 fully saturated rings. The second-order valence-corrected chi connectivity index (χ2v) is 7.37. The van der Waals surface area contributed by atoms with E-state index in [1.165, 1.54) is 12.8 Å². The summed E-state index contributed by atoms with van der Waals surface area (Å²) < 4.78 is 1.86. The highest BCUT2D eigenvalue weighted by Crippen LogP contribution is 2.25. The van der Waals surface area contributed by atoms with Crippen LogP contribution >= 0.6 is 47.2 Å². The minimum Gasteiger partial charge on any atom is -0.357 e. The molecule has 1 aliphatic rings. The van der Waals surface area contributed by atoms with Gasteiger partial charge in [0.1, 0.15) is 11.0 Å². The third kappa shape index (κ3) is 5.90. The van der Waals surface area contributed by atoms with Crippen molar-refractivity contribution in [1.29, 1.82) is 0 Å². The molecule has 1 aliphatic heterocycles. The van der Waals surface area contributed by atoms with Crippen LogP contribution in [0.4, 0.5) is 5.82 Å². The predicted octanol–water partition coefficient (Wildman–Crippen LogP) is 4.20. The van der Waals surface area contributed by atoms with Gasteiger partial charge in [0.05, 0.1) is 18.1 Å². The molecule has 0 atom stereocenters. The maximum atomic E-state index is 6.12. The first-order valence-electron chi connectivity index (χ1n) is 9.30. The van der Waals surface area contributed by atoms with Crippen molar-refractivity contribution >= 4 is 59.0 Å². The standard InChI is InChI=1S/C19H26Cl2N6.HI/c1-3-22-19(25-13-15-10-16(20)18(21)26(15)2)24-12-14-6-7-17(23-11-14)27-8-4-5-9-27;/h6-7,10-11H,3-5,8-9,12-13H2,1-2H3,(H2,22,24,25);1H. The van der Waals surface area contributed by atoms with Gasteiger partial charge < -0.3 is 20.1 Å². The highest BCUT2D eigenvalue weighted by Gasteiger charge is 2.13. The molecule has 0 radical (unpaired) electrons. The highest BCUT2D eigenvalue weighted by molar-refractivity contribution is 14.0. The van der Waals surface area contributed by atoms with E-state index in [-0.39, 0.29) is 24.0 Å². The lowest BCUT2D eigenvalue weighted by Gasteiger charge is -2.16. The smallest absolute Gasteiger partial charge is 0.191 e. The molecule has 6 nitrogen and oxygen atoms in total. The van der Waals surface area contributed by atoms with Crippen LogP contribution in [0.1, 0.15) is 31.0 Å². The Morgan fingerprint density at radius 2 is 1.96 bits per heavy atom. The van der Waals surface area contributed by atoms with Crippen molar-refractivity contribution in [3.8, 4) is 0 Å². The van der Waals surface area contributed by atoms with Gasteiger partial charge in [0, 0.05) is 38.6 Å². The SMILES string of the molecule is CCNC(=NCc1ccc(N2CCCC2)nc1)NCc1cc(Cl)c(Cl)n1C.I. The van der Waals surface area contributed by atoms with Gasteiger partial charge in [0.2, 0.25) is 0 Å². The van der Waals surface area contributed by atoms with Crippen molar-refractivity contribution in [2.24, 2.45) is 12.0 Å². The summed E-state index contributed by atoms with van der Waals surface area (Å²) in [6, 6.07) is 6.05. The number of anilines is 1. The van der Waals surface area contributed by atoms with Gasteiger partial charge >= 0.3 is 0 Å². The molecule has 0 aliphatic carbocycles. The lowest BCUT2D eigenvalue weighted by Crippen LogP contribution is -2.37. The molecule has 2 aromatic rings. The van der Waals surface area contributed by atoms with Crippen LogP contribution in [0.5, 0.6) is 0 Å². The van der Waals surface area contributed by atoms with Crippen LogP contribution in [-0.2, 0) is 20.1 Å². The number of aliphatic imine (C=N–C) groups is 1. The predicted molar refractivity (Wildman–Crippen MR) is 128 cm³/mol. The Balaban J connectivity index is 0.00000280. The molecule has 0 spiro atoms. The molecule has 2 N–H and O–H groups in total. The summed E-state index contributed by atoms with van der Waals surface area (Å²) in [7, 11) is 1.89. The first-order chi connectivity index (χ1) is 13.1. The number of aromatic nitrogens is 2. The maximum Gasteiger partial charge on any atom is 0.191 e. The highest BCUT2D eigenvalue weighted by atomic mass is 127. The molecule has 1 saturated heterocycles. The van der Waals surface area contributed by atoms with Gasteiger partial charge in [0.25, 0.3) is 0 Å². The summed E-state index contributed by atoms with van der Waals surface area (Å²) in [5.74, 6) is 1.80. The Bertz CT molecular complexity index is 784. The van der Waals surface area contributed by atoms with E-state index >= 15 is 0 Å². The van der Waals surface area contributed by atoms with Crippen LogP contribution in [0.15, 0.2) is 29.4 Å². The van der Waals surface area contributed by atoms with Crippen LogP contribution in [0.2, 0.25) is 10.2 Å². The van der Waals surface area contributed by atoms with E-state index in [2.05, 4.69) is 37.6 Å². The van der Waals surface area contributed by atoms with Crippen molar-refractivity contribution in [3.05, 3.63) is 45.8 Å². The average Bonchev–Trinajstić information content (AvgIpc) is 3.30. The number of hydrogen-bond donors (Lipinski definition) is 2. The van der Waals surface area contributed by atoms with E-state index < -0.39 is 0 Å². The molecule has 0 saturated carbocycles. The van der Waals surface area contributed by atoms with E-state index in [9.17, 15) is 0 Å². The molecule has 0 unspecified atom stereocenters. The normalized spacial score (nSPS) is 14.1. The summed E-state index contributed by atoms with van der Waals surface area (Å²) in [5.41, 5.74) is 2.08. The van der Waals surface area contributed by atoms with E-state index in [0.717, 1.165) is 42.7 Å². The molecular formula is C19H27Cl2IN6. The van der Waals surface area contributed by atoms with E-state index in [4.69, 9.17) is 23.2 Å². The number of nitrogens with one attached hydrogen (secondary N) is 2. The Morgan fingerprint density at radius 1 is 1.21 bits per heavy atom. The number of halogens is 3. The zero-order valence-electron chi connectivity index (χ0n) is 16.2. The lowest BCUT2D eigenvalue weighted by molar-refractivity contribution is 0.752. The molecule has 2 aromatic heterocycles. The zero-order valence-corrected chi connectivity index (χ0v) is 20.1. The summed E-state index contributed by atoms with van der Waals surface area (Å²) in [6.45, 7) is 6.18. The van der Waals surface area contributed by atoms with Gasteiger partial charge in [0.15, 0.2) is 5.96 Å². The van der Waals surface area contributed by atoms with Crippen LogP contribution in [0.25, 0.3) is 0 Å². The summed E-state index contributed by atoms with van der Waals surface area (Å²) in [5, 5.41) is 7.67. The third-order valence-corrected chi connectivity index (χ3v) is 5.50. The van der Waals surface area contributed by atoms with Crippen molar-refractivity contribution in [2.75, 3.05) is 24.5 Å². The van der Waals surface area contributed by atoms with Gasteiger partial charge in [-0.3, -0.25) is 0 Å². The first kappa shape index (κ1) is 23.1. The second kappa shape index (κ2) is 11.1. The van der Waals surface area contributed by atoms with Gasteiger partial charge in [-0.25, -0.2) is 9.98 Å². The van der Waals surface area contributed by atoms with Crippen molar-refractivity contribution < 1.29 is 0 Å². The maximum absolute atomic E-state index is 6.12. The fourth-order valence-electron chi connectivity index (χ4n) is 3.09. The Morgan fingerprint density at radius 3 is 2.54 bits per heavy atom. The Hall–Kier alpha value is -1.19. The summed E-state index contributed by atoms with van der Waals surface area (Å²) in [6.07, 6.45) is 4.42. The number of hydrogen-bond acceptors (Lipinski definition) is 3. The molecule has 0 amide bonds. The Kier molecular flexibility index (Phi) is 9.17. The van der Waals surface area contributed by atoms with Crippen LogP contribution in [0, 0.1) is 0 Å². The van der Waals surface area contributed by atoms with Crippen LogP contribution < -0.4 is 15.5 Å². The van der Waals surface area contributed by atoms with Crippen LogP contribution in [-0.4, -0.2) is 35.1 Å². The molecular weight excluding hydrogens is 510 g/mol. The van der Waals surface area contributed by atoms with Gasteiger partial charge in [-0.15, -0.1) is 24.0 Å². The minimum atomic E-state index is 0.